The number of carbonyl (C=O) groups excluding carboxylic acids is 3. The Morgan fingerprint density at radius 2 is 1.81 bits per heavy atom. The summed E-state index contributed by atoms with van der Waals surface area (Å²) in [5.74, 6) is -2.99. The highest BCUT2D eigenvalue weighted by Gasteiger charge is 2.37. The van der Waals surface area contributed by atoms with Crippen LogP contribution < -0.4 is 16.4 Å². The van der Waals surface area contributed by atoms with Crippen LogP contribution in [0.5, 0.6) is 0 Å². The fourth-order valence-corrected chi connectivity index (χ4v) is 2.86. The van der Waals surface area contributed by atoms with Gasteiger partial charge in [-0.2, -0.15) is 0 Å². The number of carboxylic acid groups (broad SMARTS) is 1. The monoisotopic (exact) mass is 386 g/mol. The van der Waals surface area contributed by atoms with Crippen molar-refractivity contribution in [1.82, 2.24) is 15.5 Å². The number of hydrogen-bond acceptors (Lipinski definition) is 6. The van der Waals surface area contributed by atoms with Gasteiger partial charge in [-0.15, -0.1) is 0 Å². The predicted molar refractivity (Wildman–Crippen MR) is 96.4 cm³/mol. The van der Waals surface area contributed by atoms with Gasteiger partial charge in [-0.3, -0.25) is 14.4 Å². The number of nitrogens with zero attached hydrogens (tertiary/aromatic N) is 1. The zero-order valence-electron chi connectivity index (χ0n) is 16.0. The van der Waals surface area contributed by atoms with Crippen LogP contribution in [0.3, 0.4) is 0 Å². The second-order valence-electron chi connectivity index (χ2n) is 6.91. The normalized spacial score (nSPS) is 21.1. The van der Waals surface area contributed by atoms with Crippen molar-refractivity contribution < 1.29 is 29.4 Å². The molecule has 1 fully saturated rings. The molecule has 5 unspecified atom stereocenters. The summed E-state index contributed by atoms with van der Waals surface area (Å²) in [6, 6.07) is -3.97. The summed E-state index contributed by atoms with van der Waals surface area (Å²) < 4.78 is 0. The topological polar surface area (TPSA) is 162 Å². The molecule has 1 heterocycles. The summed E-state index contributed by atoms with van der Waals surface area (Å²) in [7, 11) is 0. The first-order chi connectivity index (χ1) is 12.6. The number of nitrogens with two attached hydrogens (primary N) is 1. The lowest BCUT2D eigenvalue weighted by Crippen LogP contribution is -2.57. The van der Waals surface area contributed by atoms with Crippen LogP contribution in [0.15, 0.2) is 0 Å². The van der Waals surface area contributed by atoms with Crippen molar-refractivity contribution in [2.24, 2.45) is 11.7 Å². The second-order valence-corrected chi connectivity index (χ2v) is 6.91. The summed E-state index contributed by atoms with van der Waals surface area (Å²) in [6.07, 6.45) is 1.57. The van der Waals surface area contributed by atoms with E-state index in [9.17, 15) is 29.4 Å². The van der Waals surface area contributed by atoms with E-state index in [0.717, 1.165) is 4.90 Å². The van der Waals surface area contributed by atoms with Crippen molar-refractivity contribution in [2.45, 2.75) is 64.2 Å². The molecule has 0 saturated carbocycles. The van der Waals surface area contributed by atoms with Crippen LogP contribution in [0.1, 0.15) is 40.0 Å². The van der Waals surface area contributed by atoms with Gasteiger partial charge in [-0.25, -0.2) is 4.79 Å². The van der Waals surface area contributed by atoms with E-state index < -0.39 is 54.5 Å². The molecule has 0 bridgehead atoms. The minimum atomic E-state index is -1.28. The fraction of sp³-hybridized carbons (Fsp3) is 0.765. The first kappa shape index (κ1) is 22.8. The van der Waals surface area contributed by atoms with Gasteiger partial charge in [0.2, 0.25) is 17.7 Å². The highest BCUT2D eigenvalue weighted by atomic mass is 16.4. The van der Waals surface area contributed by atoms with Gasteiger partial charge in [-0.1, -0.05) is 20.3 Å². The molecule has 154 valence electrons. The van der Waals surface area contributed by atoms with Gasteiger partial charge in [0.25, 0.3) is 0 Å². The molecule has 0 aliphatic carbocycles. The van der Waals surface area contributed by atoms with Crippen LogP contribution in [0.4, 0.5) is 0 Å². The predicted octanol–water partition coefficient (Wildman–Crippen LogP) is -1.58. The van der Waals surface area contributed by atoms with Gasteiger partial charge in [0.05, 0.1) is 12.6 Å². The summed E-state index contributed by atoms with van der Waals surface area (Å²) in [5, 5.41) is 23.5. The van der Waals surface area contributed by atoms with Crippen LogP contribution in [0.25, 0.3) is 0 Å². The van der Waals surface area contributed by atoms with Crippen molar-refractivity contribution in [3.05, 3.63) is 0 Å². The van der Waals surface area contributed by atoms with Crippen molar-refractivity contribution in [2.75, 3.05) is 13.2 Å². The smallest absolute Gasteiger partial charge is 0.326 e. The maximum atomic E-state index is 12.5. The minimum absolute atomic E-state index is 0.0600. The fourth-order valence-electron chi connectivity index (χ4n) is 2.86. The van der Waals surface area contributed by atoms with Crippen molar-refractivity contribution in [1.29, 1.82) is 0 Å². The van der Waals surface area contributed by atoms with E-state index in [1.165, 1.54) is 6.92 Å². The molecule has 3 amide bonds. The molecule has 1 saturated heterocycles. The lowest BCUT2D eigenvalue weighted by molar-refractivity contribution is -0.150. The first-order valence-electron chi connectivity index (χ1n) is 9.14. The van der Waals surface area contributed by atoms with Gasteiger partial charge in [-0.05, 0) is 25.7 Å². The molecule has 1 rings (SSSR count). The maximum absolute atomic E-state index is 12.5. The molecular weight excluding hydrogens is 356 g/mol. The summed E-state index contributed by atoms with van der Waals surface area (Å²) in [6.45, 7) is 4.72. The number of aliphatic carboxylic acids is 1. The average Bonchev–Trinajstić information content (AvgIpc) is 3.13. The van der Waals surface area contributed by atoms with E-state index in [2.05, 4.69) is 10.6 Å². The molecule has 10 nitrogen and oxygen atoms in total. The zero-order valence-corrected chi connectivity index (χ0v) is 16.0. The number of carbonyl (C=O) groups is 4. The molecule has 1 aliphatic rings. The number of aliphatic hydroxyl groups is 1. The van der Waals surface area contributed by atoms with Crippen LogP contribution in [0, 0.1) is 5.92 Å². The van der Waals surface area contributed by atoms with Crippen LogP contribution in [-0.4, -0.2) is 76.1 Å². The van der Waals surface area contributed by atoms with Gasteiger partial charge in [0.15, 0.2) is 0 Å². The number of amides is 3. The molecule has 27 heavy (non-hydrogen) atoms. The Bertz CT molecular complexity index is 570. The van der Waals surface area contributed by atoms with Crippen molar-refractivity contribution in [3.8, 4) is 0 Å². The van der Waals surface area contributed by atoms with Crippen LogP contribution in [-0.2, 0) is 19.2 Å². The lowest BCUT2D eigenvalue weighted by atomic mass is 9.99. The minimum Gasteiger partial charge on any atom is -0.480 e. The van der Waals surface area contributed by atoms with E-state index in [4.69, 9.17) is 5.73 Å². The van der Waals surface area contributed by atoms with Crippen molar-refractivity contribution >= 4 is 23.7 Å². The molecule has 0 spiro atoms. The molecule has 6 N–H and O–H groups in total. The number of carboxylic acids is 1. The van der Waals surface area contributed by atoms with E-state index in [0.29, 0.717) is 19.3 Å². The summed E-state index contributed by atoms with van der Waals surface area (Å²) >= 11 is 0. The van der Waals surface area contributed by atoms with Gasteiger partial charge in [0.1, 0.15) is 18.1 Å². The van der Waals surface area contributed by atoms with Gasteiger partial charge >= 0.3 is 5.97 Å². The first-order valence-corrected chi connectivity index (χ1v) is 9.14. The molecule has 0 radical (unpaired) electrons. The molecule has 5 atom stereocenters. The van der Waals surface area contributed by atoms with E-state index >= 15 is 0 Å². The van der Waals surface area contributed by atoms with E-state index in [1.807, 2.05) is 13.8 Å². The Kier molecular flexibility index (Phi) is 8.64. The molecule has 0 aromatic rings. The third-order valence-electron chi connectivity index (χ3n) is 4.93. The van der Waals surface area contributed by atoms with E-state index in [1.54, 1.807) is 0 Å². The molecule has 0 aromatic heterocycles. The number of rotatable bonds is 9. The second kappa shape index (κ2) is 10.2. The Balaban J connectivity index is 2.68. The molecule has 0 aromatic carbocycles. The number of likely N-dealkylation sites (tertiary alicyclic amines) is 1. The summed E-state index contributed by atoms with van der Waals surface area (Å²) in [5.41, 5.74) is 5.82. The highest BCUT2D eigenvalue weighted by Crippen LogP contribution is 2.18. The third kappa shape index (κ3) is 5.90. The maximum Gasteiger partial charge on any atom is 0.326 e. The van der Waals surface area contributed by atoms with E-state index in [-0.39, 0.29) is 12.5 Å². The van der Waals surface area contributed by atoms with Gasteiger partial charge in [0, 0.05) is 6.54 Å². The standard InChI is InChI=1S/C17H30N4O6/c1-4-9(2)13(18)15(24)19-10(3)14(23)20-11(8-22)16(25)21-7-5-6-12(21)17(26)27/h9-13,22H,4-8,18H2,1-3H3,(H,19,24)(H,20,23)(H,26,27). The molecular formula is C17H30N4O6. The lowest BCUT2D eigenvalue weighted by Gasteiger charge is -2.27. The molecule has 10 heteroatoms. The third-order valence-corrected chi connectivity index (χ3v) is 4.93. The molecule has 1 aliphatic heterocycles. The number of nitrogens with one attached hydrogen (secondary N) is 2. The quantitative estimate of drug-likeness (QED) is 0.319. The average molecular weight is 386 g/mol. The Morgan fingerprint density at radius 1 is 1.19 bits per heavy atom. The largest absolute Gasteiger partial charge is 0.480 e. The summed E-state index contributed by atoms with van der Waals surface area (Å²) in [4.78, 5) is 49.2. The van der Waals surface area contributed by atoms with Crippen molar-refractivity contribution in [3.63, 3.8) is 0 Å². The zero-order chi connectivity index (χ0) is 20.7. The Hall–Kier alpha value is -2.20. The Morgan fingerprint density at radius 3 is 2.33 bits per heavy atom. The van der Waals surface area contributed by atoms with Crippen LogP contribution >= 0.6 is 0 Å². The van der Waals surface area contributed by atoms with Gasteiger partial charge < -0.3 is 31.5 Å². The highest BCUT2D eigenvalue weighted by molar-refractivity contribution is 5.94. The number of aliphatic hydroxyl groups excluding tert-OH is 1. The number of hydrogen-bond donors (Lipinski definition) is 5. The van der Waals surface area contributed by atoms with Crippen LogP contribution in [0.2, 0.25) is 0 Å². The Labute approximate surface area is 158 Å². The SMILES string of the molecule is CCC(C)C(N)C(=O)NC(C)C(=O)NC(CO)C(=O)N1CCCC1C(=O)O.